The molecule has 0 radical (unpaired) electrons. The summed E-state index contributed by atoms with van der Waals surface area (Å²) in [5.41, 5.74) is 2.82. The summed E-state index contributed by atoms with van der Waals surface area (Å²) >= 11 is 0. The van der Waals surface area contributed by atoms with Crippen molar-refractivity contribution >= 4 is 23.7 Å². The summed E-state index contributed by atoms with van der Waals surface area (Å²) < 4.78 is 10.1. The third kappa shape index (κ3) is 4.96. The number of aromatic hydroxyl groups is 1. The first kappa shape index (κ1) is 17.8. The lowest BCUT2D eigenvalue weighted by atomic mass is 10.2. The Labute approximate surface area is 144 Å². The summed E-state index contributed by atoms with van der Waals surface area (Å²) in [7, 11) is 2.98. The Morgan fingerprint density at radius 1 is 1.04 bits per heavy atom. The number of anilines is 1. The number of hydrazone groups is 1. The molecule has 8 heteroatoms. The molecule has 0 bridgehead atoms. The minimum atomic E-state index is -0.957. The number of amides is 2. The maximum Gasteiger partial charge on any atom is 0.329 e. The second-order valence-corrected chi connectivity index (χ2v) is 4.81. The van der Waals surface area contributed by atoms with Crippen LogP contribution in [-0.4, -0.2) is 37.4 Å². The number of carbonyl (C=O) groups excluding carboxylic acids is 2. The van der Waals surface area contributed by atoms with Gasteiger partial charge >= 0.3 is 11.8 Å². The fraction of sp³-hybridized carbons (Fsp3) is 0.118. The van der Waals surface area contributed by atoms with Crippen LogP contribution in [-0.2, 0) is 9.59 Å². The standard InChI is InChI=1S/C17H17N3O5/c1-24-13-5-3-4-12(9-13)19-16(22)17(23)20-18-10-11-8-14(25-2)6-7-15(11)21/h3-10,21H,1-2H3,(H,19,22)(H,20,23)/b18-10-. The van der Waals surface area contributed by atoms with Gasteiger partial charge in [0.1, 0.15) is 17.2 Å². The SMILES string of the molecule is COc1cccc(NC(=O)C(=O)N/N=C\c2cc(OC)ccc2O)c1. The molecule has 0 heterocycles. The molecule has 0 atom stereocenters. The van der Waals surface area contributed by atoms with Gasteiger partial charge in [-0.05, 0) is 30.3 Å². The van der Waals surface area contributed by atoms with Crippen LogP contribution in [0.1, 0.15) is 5.56 Å². The molecule has 2 amide bonds. The minimum absolute atomic E-state index is 0.0420. The Bertz CT molecular complexity index is 805. The molecule has 0 spiro atoms. The number of nitrogens with one attached hydrogen (secondary N) is 2. The Balaban J connectivity index is 1.96. The zero-order valence-corrected chi connectivity index (χ0v) is 13.6. The fourth-order valence-electron chi connectivity index (χ4n) is 1.86. The molecule has 2 rings (SSSR count). The van der Waals surface area contributed by atoms with Crippen molar-refractivity contribution in [1.29, 1.82) is 0 Å². The second kappa shape index (κ2) is 8.34. The van der Waals surface area contributed by atoms with Crippen molar-refractivity contribution in [3.8, 4) is 17.2 Å². The number of rotatable bonds is 5. The topological polar surface area (TPSA) is 109 Å². The summed E-state index contributed by atoms with van der Waals surface area (Å²) in [5, 5.41) is 15.8. The van der Waals surface area contributed by atoms with Crippen molar-refractivity contribution in [3.05, 3.63) is 48.0 Å². The van der Waals surface area contributed by atoms with Crippen molar-refractivity contribution in [2.45, 2.75) is 0 Å². The highest BCUT2D eigenvalue weighted by molar-refractivity contribution is 6.39. The lowest BCUT2D eigenvalue weighted by Gasteiger charge is -2.06. The summed E-state index contributed by atoms with van der Waals surface area (Å²) in [6.07, 6.45) is 1.20. The summed E-state index contributed by atoms with van der Waals surface area (Å²) in [6, 6.07) is 11.1. The number of hydrogen-bond acceptors (Lipinski definition) is 6. The normalized spacial score (nSPS) is 10.3. The molecule has 8 nitrogen and oxygen atoms in total. The first-order chi connectivity index (χ1) is 12.0. The quantitative estimate of drug-likeness (QED) is 0.433. The van der Waals surface area contributed by atoms with E-state index in [4.69, 9.17) is 9.47 Å². The molecule has 0 unspecified atom stereocenters. The average Bonchev–Trinajstić information content (AvgIpc) is 2.63. The largest absolute Gasteiger partial charge is 0.507 e. The maximum absolute atomic E-state index is 11.8. The molecule has 25 heavy (non-hydrogen) atoms. The number of hydrogen-bond donors (Lipinski definition) is 3. The van der Waals surface area contributed by atoms with Crippen LogP contribution < -0.4 is 20.2 Å². The van der Waals surface area contributed by atoms with Crippen molar-refractivity contribution < 1.29 is 24.2 Å². The zero-order chi connectivity index (χ0) is 18.2. The highest BCUT2D eigenvalue weighted by Crippen LogP contribution is 2.21. The van der Waals surface area contributed by atoms with Gasteiger partial charge in [-0.15, -0.1) is 0 Å². The molecular weight excluding hydrogens is 326 g/mol. The van der Waals surface area contributed by atoms with E-state index >= 15 is 0 Å². The Morgan fingerprint density at radius 3 is 2.48 bits per heavy atom. The molecule has 0 saturated heterocycles. The van der Waals surface area contributed by atoms with Gasteiger partial charge in [0, 0.05) is 17.3 Å². The lowest BCUT2D eigenvalue weighted by molar-refractivity contribution is -0.136. The lowest BCUT2D eigenvalue weighted by Crippen LogP contribution is -2.32. The number of methoxy groups -OCH3 is 2. The van der Waals surface area contributed by atoms with Gasteiger partial charge in [0.05, 0.1) is 20.4 Å². The van der Waals surface area contributed by atoms with E-state index in [9.17, 15) is 14.7 Å². The highest BCUT2D eigenvalue weighted by atomic mass is 16.5. The van der Waals surface area contributed by atoms with E-state index in [2.05, 4.69) is 15.8 Å². The van der Waals surface area contributed by atoms with Crippen LogP contribution in [0.5, 0.6) is 17.2 Å². The van der Waals surface area contributed by atoms with Crippen LogP contribution in [0.2, 0.25) is 0 Å². The van der Waals surface area contributed by atoms with Gasteiger partial charge in [-0.2, -0.15) is 5.10 Å². The zero-order valence-electron chi connectivity index (χ0n) is 13.6. The predicted molar refractivity (Wildman–Crippen MR) is 92.0 cm³/mol. The summed E-state index contributed by atoms with van der Waals surface area (Å²) in [5.74, 6) is -0.826. The van der Waals surface area contributed by atoms with Gasteiger partial charge in [0.15, 0.2) is 0 Å². The summed E-state index contributed by atoms with van der Waals surface area (Å²) in [6.45, 7) is 0. The second-order valence-electron chi connectivity index (χ2n) is 4.81. The number of carbonyl (C=O) groups is 2. The molecule has 130 valence electrons. The Hall–Kier alpha value is -3.55. The van der Waals surface area contributed by atoms with Crippen LogP contribution in [0.25, 0.3) is 0 Å². The third-order valence-electron chi connectivity index (χ3n) is 3.14. The van der Waals surface area contributed by atoms with Gasteiger partial charge in [-0.1, -0.05) is 6.07 Å². The number of ether oxygens (including phenoxy) is 2. The number of phenolic OH excluding ortho intramolecular Hbond substituents is 1. The molecule has 0 aliphatic carbocycles. The Morgan fingerprint density at radius 2 is 1.76 bits per heavy atom. The van der Waals surface area contributed by atoms with E-state index < -0.39 is 11.8 Å². The van der Waals surface area contributed by atoms with Crippen LogP contribution in [0.15, 0.2) is 47.6 Å². The van der Waals surface area contributed by atoms with Gasteiger partial charge in [0.25, 0.3) is 0 Å². The van der Waals surface area contributed by atoms with Gasteiger partial charge in [-0.25, -0.2) is 5.43 Å². The van der Waals surface area contributed by atoms with Crippen LogP contribution in [0, 0.1) is 0 Å². The van der Waals surface area contributed by atoms with E-state index in [0.29, 0.717) is 22.7 Å². The molecule has 3 N–H and O–H groups in total. The first-order valence-corrected chi connectivity index (χ1v) is 7.19. The van der Waals surface area contributed by atoms with E-state index in [1.54, 1.807) is 30.3 Å². The van der Waals surface area contributed by atoms with Crippen molar-refractivity contribution in [2.75, 3.05) is 19.5 Å². The predicted octanol–water partition coefficient (Wildman–Crippen LogP) is 1.50. The van der Waals surface area contributed by atoms with Crippen molar-refractivity contribution in [3.63, 3.8) is 0 Å². The first-order valence-electron chi connectivity index (χ1n) is 7.19. The average molecular weight is 343 g/mol. The molecule has 2 aromatic rings. The molecule has 0 fully saturated rings. The van der Waals surface area contributed by atoms with Crippen LogP contribution >= 0.6 is 0 Å². The highest BCUT2D eigenvalue weighted by Gasteiger charge is 2.13. The number of benzene rings is 2. The fourth-order valence-corrected chi connectivity index (χ4v) is 1.86. The van der Waals surface area contributed by atoms with E-state index in [0.717, 1.165) is 0 Å². The monoisotopic (exact) mass is 343 g/mol. The van der Waals surface area contributed by atoms with Crippen LogP contribution in [0.3, 0.4) is 0 Å². The summed E-state index contributed by atoms with van der Waals surface area (Å²) in [4.78, 5) is 23.6. The van der Waals surface area contributed by atoms with Crippen molar-refractivity contribution in [1.82, 2.24) is 5.43 Å². The minimum Gasteiger partial charge on any atom is -0.507 e. The third-order valence-corrected chi connectivity index (χ3v) is 3.14. The maximum atomic E-state index is 11.8. The smallest absolute Gasteiger partial charge is 0.329 e. The molecule has 2 aromatic carbocycles. The van der Waals surface area contributed by atoms with Crippen LogP contribution in [0.4, 0.5) is 5.69 Å². The van der Waals surface area contributed by atoms with Gasteiger partial charge in [0.2, 0.25) is 0 Å². The van der Waals surface area contributed by atoms with Gasteiger partial charge < -0.3 is 19.9 Å². The van der Waals surface area contributed by atoms with Crippen molar-refractivity contribution in [2.24, 2.45) is 5.10 Å². The molecule has 0 saturated carbocycles. The molecule has 0 aliphatic heterocycles. The molecule has 0 aliphatic rings. The van der Waals surface area contributed by atoms with E-state index in [-0.39, 0.29) is 5.75 Å². The number of phenols is 1. The van der Waals surface area contributed by atoms with E-state index in [1.807, 2.05) is 0 Å². The van der Waals surface area contributed by atoms with E-state index in [1.165, 1.54) is 32.6 Å². The molecule has 0 aromatic heterocycles. The van der Waals surface area contributed by atoms with Gasteiger partial charge in [-0.3, -0.25) is 9.59 Å². The Kier molecular flexibility index (Phi) is 5.94. The number of nitrogens with zero attached hydrogens (tertiary/aromatic N) is 1. The molecular formula is C17H17N3O5.